The van der Waals surface area contributed by atoms with Crippen LogP contribution in [0.1, 0.15) is 19.8 Å². The monoisotopic (exact) mass is 489 g/mol. The zero-order valence-electron chi connectivity index (χ0n) is 15.8. The predicted molar refractivity (Wildman–Crippen MR) is 125 cm³/mol. The maximum Gasteiger partial charge on any atom is 0.236 e. The van der Waals surface area contributed by atoms with Gasteiger partial charge in [0.25, 0.3) is 0 Å². The lowest BCUT2D eigenvalue weighted by molar-refractivity contribution is -0.116. The second-order valence-corrected chi connectivity index (χ2v) is 9.03. The highest BCUT2D eigenvalue weighted by Crippen LogP contribution is 2.26. The van der Waals surface area contributed by atoms with Crippen LogP contribution < -0.4 is 10.6 Å². The Labute approximate surface area is 186 Å². The van der Waals surface area contributed by atoms with E-state index in [4.69, 9.17) is 0 Å². The first-order valence-electron chi connectivity index (χ1n) is 9.07. The summed E-state index contributed by atoms with van der Waals surface area (Å²) in [6.07, 6.45) is 1.33. The van der Waals surface area contributed by atoms with Gasteiger partial charge >= 0.3 is 0 Å². The van der Waals surface area contributed by atoms with Crippen LogP contribution in [0.3, 0.4) is 0 Å². The van der Waals surface area contributed by atoms with Gasteiger partial charge in [-0.1, -0.05) is 35.0 Å². The van der Waals surface area contributed by atoms with Crippen LogP contribution in [-0.4, -0.2) is 22.6 Å². The molecule has 2 aromatic carbocycles. The molecule has 0 aliphatic heterocycles. The highest BCUT2D eigenvalue weighted by atomic mass is 79.9. The first kappa shape index (κ1) is 21.5. The van der Waals surface area contributed by atoms with Gasteiger partial charge in [0.1, 0.15) is 0 Å². The number of anilines is 2. The van der Waals surface area contributed by atoms with Crippen LogP contribution in [0, 0.1) is 0 Å². The number of thiazole rings is 1. The third-order valence-electron chi connectivity index (χ3n) is 3.88. The number of carbonyl (C=O) groups excluding carboxylic acids is 2. The summed E-state index contributed by atoms with van der Waals surface area (Å²) in [5, 5.41) is 8.21. The molecule has 3 aromatic rings. The van der Waals surface area contributed by atoms with Crippen molar-refractivity contribution >= 4 is 61.7 Å². The lowest BCUT2D eigenvalue weighted by Crippen LogP contribution is -2.13. The molecule has 150 valence electrons. The number of aromatic nitrogens is 1. The van der Waals surface area contributed by atoms with Crippen molar-refractivity contribution in [1.82, 2.24) is 4.98 Å². The van der Waals surface area contributed by atoms with Gasteiger partial charge in [0, 0.05) is 32.4 Å². The van der Waals surface area contributed by atoms with E-state index in [1.807, 2.05) is 60.8 Å². The van der Waals surface area contributed by atoms with Crippen LogP contribution in [-0.2, 0) is 9.59 Å². The van der Waals surface area contributed by atoms with Crippen molar-refractivity contribution in [3.05, 3.63) is 58.4 Å². The minimum Gasteiger partial charge on any atom is -0.326 e. The number of benzene rings is 2. The smallest absolute Gasteiger partial charge is 0.236 e. The fourth-order valence-electron chi connectivity index (χ4n) is 2.47. The Kier molecular flexibility index (Phi) is 7.85. The lowest BCUT2D eigenvalue weighted by Gasteiger charge is -2.06. The molecule has 0 aliphatic carbocycles. The molecule has 0 spiro atoms. The summed E-state index contributed by atoms with van der Waals surface area (Å²) in [5.74, 6) is 0.194. The SMILES string of the molecule is CCCC(=O)Nc1ccc(SCC(=O)Nc2nc(-c3ccc(Br)cc3)cs2)cc1. The minimum absolute atomic E-state index is 0.0123. The predicted octanol–water partition coefficient (Wildman–Crippen LogP) is 6.04. The van der Waals surface area contributed by atoms with Gasteiger partial charge in [0.05, 0.1) is 11.4 Å². The summed E-state index contributed by atoms with van der Waals surface area (Å²) in [5.41, 5.74) is 2.61. The molecule has 0 saturated carbocycles. The number of nitrogens with zero attached hydrogens (tertiary/aromatic N) is 1. The number of thioether (sulfide) groups is 1. The Morgan fingerprint density at radius 3 is 2.45 bits per heavy atom. The van der Waals surface area contributed by atoms with Gasteiger partial charge in [0.15, 0.2) is 5.13 Å². The van der Waals surface area contributed by atoms with Crippen LogP contribution in [0.15, 0.2) is 63.3 Å². The zero-order valence-corrected chi connectivity index (χ0v) is 19.0. The molecule has 0 atom stereocenters. The van der Waals surface area contributed by atoms with Crippen LogP contribution in [0.5, 0.6) is 0 Å². The summed E-state index contributed by atoms with van der Waals surface area (Å²) >= 11 is 6.26. The van der Waals surface area contributed by atoms with Crippen molar-refractivity contribution in [2.75, 3.05) is 16.4 Å². The summed E-state index contributed by atoms with van der Waals surface area (Å²) < 4.78 is 1.01. The van der Waals surface area contributed by atoms with Crippen molar-refractivity contribution in [3.63, 3.8) is 0 Å². The van der Waals surface area contributed by atoms with Gasteiger partial charge in [-0.3, -0.25) is 9.59 Å². The fraction of sp³-hybridized carbons (Fsp3) is 0.190. The molecule has 1 aromatic heterocycles. The van der Waals surface area contributed by atoms with E-state index in [0.29, 0.717) is 11.6 Å². The number of hydrogen-bond acceptors (Lipinski definition) is 5. The Balaban J connectivity index is 1.49. The Morgan fingerprint density at radius 2 is 1.76 bits per heavy atom. The van der Waals surface area contributed by atoms with Crippen molar-refractivity contribution in [2.45, 2.75) is 24.7 Å². The molecule has 0 unspecified atom stereocenters. The number of hydrogen-bond donors (Lipinski definition) is 2. The standard InChI is InChI=1S/C21H20BrN3O2S2/c1-2-3-19(26)23-16-8-10-17(11-9-16)28-13-20(27)25-21-24-18(12-29-21)14-4-6-15(22)7-5-14/h4-12H,2-3,13H2,1H3,(H,23,26)(H,24,25,27). The molecule has 29 heavy (non-hydrogen) atoms. The van der Waals surface area contributed by atoms with Crippen molar-refractivity contribution in [1.29, 1.82) is 0 Å². The van der Waals surface area contributed by atoms with Gasteiger partial charge in [-0.15, -0.1) is 23.1 Å². The summed E-state index contributed by atoms with van der Waals surface area (Å²) in [4.78, 5) is 29.3. The maximum atomic E-state index is 12.2. The third-order valence-corrected chi connectivity index (χ3v) is 6.17. The minimum atomic E-state index is -0.105. The van der Waals surface area contributed by atoms with Gasteiger partial charge in [0.2, 0.25) is 11.8 Å². The summed E-state index contributed by atoms with van der Waals surface area (Å²) in [6, 6.07) is 15.4. The van der Waals surface area contributed by atoms with Crippen molar-refractivity contribution in [2.24, 2.45) is 0 Å². The summed E-state index contributed by atoms with van der Waals surface area (Å²) in [7, 11) is 0. The number of amides is 2. The van der Waals surface area contributed by atoms with E-state index in [1.165, 1.54) is 23.1 Å². The van der Waals surface area contributed by atoms with E-state index in [0.717, 1.165) is 32.7 Å². The third kappa shape index (κ3) is 6.69. The van der Waals surface area contributed by atoms with Gasteiger partial charge in [-0.25, -0.2) is 4.98 Å². The molecule has 0 fully saturated rings. The van der Waals surface area contributed by atoms with Crippen molar-refractivity contribution < 1.29 is 9.59 Å². The molecule has 1 heterocycles. The molecule has 0 radical (unpaired) electrons. The number of halogens is 1. The molecule has 2 N–H and O–H groups in total. The van der Waals surface area contributed by atoms with Crippen molar-refractivity contribution in [3.8, 4) is 11.3 Å². The van der Waals surface area contributed by atoms with E-state index < -0.39 is 0 Å². The molecule has 8 heteroatoms. The molecular weight excluding hydrogens is 470 g/mol. The fourth-order valence-corrected chi connectivity index (χ4v) is 4.17. The zero-order chi connectivity index (χ0) is 20.6. The number of carbonyl (C=O) groups is 2. The molecule has 0 aliphatic rings. The first-order valence-corrected chi connectivity index (χ1v) is 11.7. The normalized spacial score (nSPS) is 10.6. The van der Waals surface area contributed by atoms with E-state index in [1.54, 1.807) is 0 Å². The van der Waals surface area contributed by atoms with Crippen LogP contribution in [0.2, 0.25) is 0 Å². The second-order valence-electron chi connectivity index (χ2n) is 6.20. The van der Waals surface area contributed by atoms with E-state index >= 15 is 0 Å². The lowest BCUT2D eigenvalue weighted by atomic mass is 10.2. The van der Waals surface area contributed by atoms with E-state index in [2.05, 4.69) is 31.5 Å². The maximum absolute atomic E-state index is 12.2. The van der Waals surface area contributed by atoms with E-state index in [9.17, 15) is 9.59 Å². The molecular formula is C21H20BrN3O2S2. The van der Waals surface area contributed by atoms with Crippen LogP contribution >= 0.6 is 39.0 Å². The van der Waals surface area contributed by atoms with Crippen LogP contribution in [0.4, 0.5) is 10.8 Å². The molecule has 2 amide bonds. The highest BCUT2D eigenvalue weighted by Gasteiger charge is 2.09. The Hall–Kier alpha value is -2.16. The largest absolute Gasteiger partial charge is 0.326 e. The average Bonchev–Trinajstić information content (AvgIpc) is 3.16. The summed E-state index contributed by atoms with van der Waals surface area (Å²) in [6.45, 7) is 1.97. The molecule has 0 bridgehead atoms. The Bertz CT molecular complexity index is 972. The van der Waals surface area contributed by atoms with Gasteiger partial charge in [-0.2, -0.15) is 0 Å². The second kappa shape index (κ2) is 10.6. The number of rotatable bonds is 8. The Morgan fingerprint density at radius 1 is 1.03 bits per heavy atom. The van der Waals surface area contributed by atoms with Crippen LogP contribution in [0.25, 0.3) is 11.3 Å². The number of nitrogens with one attached hydrogen (secondary N) is 2. The molecule has 5 nitrogen and oxygen atoms in total. The first-order chi connectivity index (χ1) is 14.0. The van der Waals surface area contributed by atoms with E-state index in [-0.39, 0.29) is 17.6 Å². The highest BCUT2D eigenvalue weighted by molar-refractivity contribution is 9.10. The van der Waals surface area contributed by atoms with Gasteiger partial charge < -0.3 is 10.6 Å². The topological polar surface area (TPSA) is 71.1 Å². The average molecular weight is 490 g/mol. The van der Waals surface area contributed by atoms with Gasteiger partial charge in [-0.05, 0) is 42.8 Å². The quantitative estimate of drug-likeness (QED) is 0.378. The molecule has 3 rings (SSSR count). The molecule has 0 saturated heterocycles.